The van der Waals surface area contributed by atoms with Crippen LogP contribution in [0, 0.1) is 17.8 Å². The van der Waals surface area contributed by atoms with E-state index in [1.165, 1.54) is 5.57 Å². The SMILES string of the molecule is CC(=O)N(Cc1ccco1)C[C@@H]1[C@H](C)CC(C)=C[C@@H]1C. The summed E-state index contributed by atoms with van der Waals surface area (Å²) in [5.74, 6) is 2.64. The van der Waals surface area contributed by atoms with Gasteiger partial charge in [-0.15, -0.1) is 0 Å². The first-order valence-corrected chi connectivity index (χ1v) is 7.42. The number of rotatable bonds is 4. The fourth-order valence-electron chi connectivity index (χ4n) is 3.31. The Balaban J connectivity index is 2.06. The fraction of sp³-hybridized carbons (Fsp3) is 0.588. The van der Waals surface area contributed by atoms with Crippen molar-refractivity contribution in [2.75, 3.05) is 6.54 Å². The second-order valence-electron chi connectivity index (χ2n) is 6.20. The van der Waals surface area contributed by atoms with Crippen molar-refractivity contribution >= 4 is 5.91 Å². The number of nitrogens with zero attached hydrogens (tertiary/aromatic N) is 1. The molecular formula is C17H25NO2. The maximum atomic E-state index is 11.9. The molecule has 1 aliphatic rings. The summed E-state index contributed by atoms with van der Waals surface area (Å²) < 4.78 is 5.37. The van der Waals surface area contributed by atoms with Crippen molar-refractivity contribution in [1.29, 1.82) is 0 Å². The average molecular weight is 275 g/mol. The molecule has 0 aliphatic heterocycles. The molecule has 0 fully saturated rings. The highest BCUT2D eigenvalue weighted by Crippen LogP contribution is 2.34. The zero-order valence-electron chi connectivity index (χ0n) is 12.9. The molecule has 20 heavy (non-hydrogen) atoms. The van der Waals surface area contributed by atoms with Crippen molar-refractivity contribution in [3.05, 3.63) is 35.8 Å². The molecule has 0 unspecified atom stereocenters. The molecule has 0 saturated carbocycles. The lowest BCUT2D eigenvalue weighted by Crippen LogP contribution is -2.38. The van der Waals surface area contributed by atoms with Crippen LogP contribution < -0.4 is 0 Å². The first-order chi connectivity index (χ1) is 9.47. The lowest BCUT2D eigenvalue weighted by Gasteiger charge is -2.36. The molecule has 0 saturated heterocycles. The van der Waals surface area contributed by atoms with Gasteiger partial charge in [0.05, 0.1) is 12.8 Å². The van der Waals surface area contributed by atoms with E-state index in [1.54, 1.807) is 13.2 Å². The van der Waals surface area contributed by atoms with Gasteiger partial charge in [-0.05, 0) is 43.2 Å². The van der Waals surface area contributed by atoms with Crippen LogP contribution in [-0.4, -0.2) is 17.4 Å². The van der Waals surface area contributed by atoms with Crippen LogP contribution in [0.1, 0.15) is 39.9 Å². The molecule has 1 aliphatic carbocycles. The maximum Gasteiger partial charge on any atom is 0.219 e. The molecule has 2 rings (SSSR count). The van der Waals surface area contributed by atoms with Crippen molar-refractivity contribution < 1.29 is 9.21 Å². The number of allylic oxidation sites excluding steroid dienone is 2. The number of amides is 1. The molecule has 0 bridgehead atoms. The topological polar surface area (TPSA) is 33.5 Å². The summed E-state index contributed by atoms with van der Waals surface area (Å²) in [7, 11) is 0. The molecule has 0 N–H and O–H groups in total. The Kier molecular flexibility index (Phi) is 4.69. The Hall–Kier alpha value is -1.51. The predicted octanol–water partition coefficient (Wildman–Crippen LogP) is 3.87. The minimum absolute atomic E-state index is 0.118. The molecule has 3 atom stereocenters. The van der Waals surface area contributed by atoms with E-state index in [2.05, 4.69) is 26.8 Å². The summed E-state index contributed by atoms with van der Waals surface area (Å²) in [6.07, 6.45) is 5.16. The molecule has 1 aromatic rings. The van der Waals surface area contributed by atoms with E-state index < -0.39 is 0 Å². The quantitative estimate of drug-likeness (QED) is 0.782. The Labute approximate surface area is 121 Å². The first kappa shape index (κ1) is 14.9. The summed E-state index contributed by atoms with van der Waals surface area (Å²) >= 11 is 0. The van der Waals surface area contributed by atoms with Crippen molar-refractivity contribution in [1.82, 2.24) is 4.90 Å². The van der Waals surface area contributed by atoms with Gasteiger partial charge in [0.25, 0.3) is 0 Å². The molecule has 1 aromatic heterocycles. The van der Waals surface area contributed by atoms with Crippen LogP contribution in [0.4, 0.5) is 0 Å². The van der Waals surface area contributed by atoms with Gasteiger partial charge in [-0.2, -0.15) is 0 Å². The van der Waals surface area contributed by atoms with Crippen LogP contribution in [0.2, 0.25) is 0 Å². The molecule has 0 aromatic carbocycles. The summed E-state index contributed by atoms with van der Waals surface area (Å²) in [4.78, 5) is 13.8. The van der Waals surface area contributed by atoms with Crippen molar-refractivity contribution in [2.45, 2.75) is 40.7 Å². The van der Waals surface area contributed by atoms with E-state index in [1.807, 2.05) is 17.0 Å². The lowest BCUT2D eigenvalue weighted by molar-refractivity contribution is -0.130. The number of carbonyl (C=O) groups is 1. The number of hydrogen-bond acceptors (Lipinski definition) is 2. The van der Waals surface area contributed by atoms with E-state index in [9.17, 15) is 4.79 Å². The van der Waals surface area contributed by atoms with Crippen molar-refractivity contribution in [2.24, 2.45) is 17.8 Å². The van der Waals surface area contributed by atoms with Gasteiger partial charge < -0.3 is 9.32 Å². The molecule has 1 amide bonds. The molecule has 3 heteroatoms. The zero-order chi connectivity index (χ0) is 14.7. The third kappa shape index (κ3) is 3.53. The molecule has 1 heterocycles. The highest BCUT2D eigenvalue weighted by molar-refractivity contribution is 5.73. The van der Waals surface area contributed by atoms with Gasteiger partial charge in [0.2, 0.25) is 5.91 Å². The predicted molar refractivity (Wildman–Crippen MR) is 80.0 cm³/mol. The highest BCUT2D eigenvalue weighted by Gasteiger charge is 2.29. The van der Waals surface area contributed by atoms with Crippen LogP contribution in [-0.2, 0) is 11.3 Å². The minimum atomic E-state index is 0.118. The molecule has 0 radical (unpaired) electrons. The monoisotopic (exact) mass is 275 g/mol. The van der Waals surface area contributed by atoms with Gasteiger partial charge in [-0.3, -0.25) is 4.79 Å². The average Bonchev–Trinajstić information content (AvgIpc) is 2.84. The summed E-state index contributed by atoms with van der Waals surface area (Å²) in [6, 6.07) is 3.79. The highest BCUT2D eigenvalue weighted by atomic mass is 16.3. The van der Waals surface area contributed by atoms with Crippen molar-refractivity contribution in [3.8, 4) is 0 Å². The van der Waals surface area contributed by atoms with Gasteiger partial charge in [-0.25, -0.2) is 0 Å². The number of carbonyl (C=O) groups excluding carboxylic acids is 1. The largest absolute Gasteiger partial charge is 0.467 e. The van der Waals surface area contributed by atoms with Crippen LogP contribution in [0.3, 0.4) is 0 Å². The normalized spacial score (nSPS) is 26.2. The summed E-state index contributed by atoms with van der Waals surface area (Å²) in [5.41, 5.74) is 1.47. The fourth-order valence-corrected chi connectivity index (χ4v) is 3.31. The van der Waals surface area contributed by atoms with Gasteiger partial charge in [0.15, 0.2) is 0 Å². The van der Waals surface area contributed by atoms with E-state index in [0.29, 0.717) is 24.3 Å². The van der Waals surface area contributed by atoms with Crippen LogP contribution in [0.5, 0.6) is 0 Å². The number of furan rings is 1. The van der Waals surface area contributed by atoms with Gasteiger partial charge in [0, 0.05) is 13.5 Å². The van der Waals surface area contributed by atoms with E-state index in [4.69, 9.17) is 4.42 Å². The van der Waals surface area contributed by atoms with Gasteiger partial charge in [-0.1, -0.05) is 25.5 Å². The second kappa shape index (κ2) is 6.29. The summed E-state index contributed by atoms with van der Waals surface area (Å²) in [6.45, 7) is 9.78. The first-order valence-electron chi connectivity index (χ1n) is 7.42. The molecule has 3 nitrogen and oxygen atoms in total. The van der Waals surface area contributed by atoms with E-state index in [0.717, 1.165) is 18.7 Å². The van der Waals surface area contributed by atoms with Gasteiger partial charge >= 0.3 is 0 Å². The Morgan fingerprint density at radius 2 is 2.20 bits per heavy atom. The Morgan fingerprint density at radius 1 is 1.45 bits per heavy atom. The second-order valence-corrected chi connectivity index (χ2v) is 6.20. The number of hydrogen-bond donors (Lipinski definition) is 0. The summed E-state index contributed by atoms with van der Waals surface area (Å²) in [5, 5.41) is 0. The molecular weight excluding hydrogens is 250 g/mol. The molecule has 110 valence electrons. The van der Waals surface area contributed by atoms with Crippen molar-refractivity contribution in [3.63, 3.8) is 0 Å². The van der Waals surface area contributed by atoms with Gasteiger partial charge in [0.1, 0.15) is 5.76 Å². The van der Waals surface area contributed by atoms with Crippen LogP contribution >= 0.6 is 0 Å². The molecule has 0 spiro atoms. The lowest BCUT2D eigenvalue weighted by atomic mass is 9.75. The smallest absolute Gasteiger partial charge is 0.219 e. The zero-order valence-corrected chi connectivity index (χ0v) is 12.9. The van der Waals surface area contributed by atoms with E-state index in [-0.39, 0.29) is 5.91 Å². The Bertz CT molecular complexity index is 475. The maximum absolute atomic E-state index is 11.9. The third-order valence-corrected chi connectivity index (χ3v) is 4.40. The Morgan fingerprint density at radius 3 is 2.75 bits per heavy atom. The van der Waals surface area contributed by atoms with E-state index >= 15 is 0 Å². The standard InChI is InChI=1S/C17H25NO2/c1-12-8-13(2)17(14(3)9-12)11-18(15(4)19)10-16-6-5-7-20-16/h5-8,13-14,17H,9-11H2,1-4H3/t13-,14+,17-/m0/s1. The minimum Gasteiger partial charge on any atom is -0.467 e. The van der Waals surface area contributed by atoms with Crippen LogP contribution in [0.25, 0.3) is 0 Å². The third-order valence-electron chi connectivity index (χ3n) is 4.40. The van der Waals surface area contributed by atoms with Crippen LogP contribution in [0.15, 0.2) is 34.5 Å².